The van der Waals surface area contributed by atoms with E-state index in [9.17, 15) is 9.18 Å². The summed E-state index contributed by atoms with van der Waals surface area (Å²) in [4.78, 5) is 19.6. The van der Waals surface area contributed by atoms with E-state index < -0.39 is 6.04 Å². The molecule has 1 N–H and O–H groups in total. The monoisotopic (exact) mass is 403 g/mol. The highest BCUT2D eigenvalue weighted by atomic mass is 19.1. The molecule has 3 aromatic rings. The van der Waals surface area contributed by atoms with E-state index >= 15 is 0 Å². The number of halogens is 1. The number of nitrogens with zero attached hydrogens (tertiary/aromatic N) is 4. The highest BCUT2D eigenvalue weighted by molar-refractivity contribution is 5.99. The Morgan fingerprint density at radius 3 is 2.50 bits per heavy atom. The second-order valence-electron chi connectivity index (χ2n) is 7.89. The zero-order valence-corrected chi connectivity index (χ0v) is 16.9. The normalized spacial score (nSPS) is 18.0. The van der Waals surface area contributed by atoms with Crippen molar-refractivity contribution in [3.8, 4) is 11.4 Å². The first kappa shape index (κ1) is 18.5. The van der Waals surface area contributed by atoms with E-state index in [1.165, 1.54) is 12.1 Å². The van der Waals surface area contributed by atoms with E-state index in [-0.39, 0.29) is 11.6 Å². The lowest BCUT2D eigenvalue weighted by Gasteiger charge is -2.32. The third kappa shape index (κ3) is 3.07. The Balaban J connectivity index is 1.61. The molecule has 2 heterocycles. The zero-order chi connectivity index (χ0) is 20.8. The summed E-state index contributed by atoms with van der Waals surface area (Å²) in [6.07, 6.45) is 2.12. The van der Waals surface area contributed by atoms with Gasteiger partial charge in [0.15, 0.2) is 11.6 Å². The molecule has 0 saturated heterocycles. The fraction of sp³-hybridized carbons (Fsp3) is 0.261. The Kier molecular flexibility index (Phi) is 4.38. The van der Waals surface area contributed by atoms with Gasteiger partial charge in [0.2, 0.25) is 5.95 Å². The second kappa shape index (κ2) is 7.09. The molecule has 1 atom stereocenters. The van der Waals surface area contributed by atoms with Crippen LogP contribution in [0.15, 0.2) is 59.8 Å². The minimum atomic E-state index is -0.410. The largest absolute Gasteiger partial charge is 0.378 e. The zero-order valence-electron chi connectivity index (χ0n) is 16.9. The summed E-state index contributed by atoms with van der Waals surface area (Å²) in [5.74, 6) is 0.986. The fourth-order valence-corrected chi connectivity index (χ4v) is 4.14. The van der Waals surface area contributed by atoms with Gasteiger partial charge >= 0.3 is 0 Å². The minimum absolute atomic E-state index is 0.108. The van der Waals surface area contributed by atoms with Gasteiger partial charge in [-0.05, 0) is 54.8 Å². The van der Waals surface area contributed by atoms with Crippen LogP contribution < -0.4 is 10.2 Å². The summed E-state index contributed by atoms with van der Waals surface area (Å²) in [7, 11) is 3.99. The van der Waals surface area contributed by atoms with Crippen molar-refractivity contribution in [3.63, 3.8) is 0 Å². The molecule has 7 heteroatoms. The van der Waals surface area contributed by atoms with Gasteiger partial charge in [-0.15, -0.1) is 5.10 Å². The van der Waals surface area contributed by atoms with Gasteiger partial charge in [0.05, 0.1) is 0 Å². The molecule has 1 aromatic heterocycles. The maximum atomic E-state index is 13.5. The molecule has 0 amide bonds. The van der Waals surface area contributed by atoms with Crippen molar-refractivity contribution < 1.29 is 9.18 Å². The predicted molar refractivity (Wildman–Crippen MR) is 114 cm³/mol. The predicted octanol–water partition coefficient (Wildman–Crippen LogP) is 4.17. The first-order valence-corrected chi connectivity index (χ1v) is 10.0. The maximum absolute atomic E-state index is 13.5. The Labute approximate surface area is 174 Å². The number of allylic oxidation sites excluding steroid dienone is 2. The number of rotatable bonds is 3. The van der Waals surface area contributed by atoms with Gasteiger partial charge in [-0.2, -0.15) is 4.98 Å². The Morgan fingerprint density at radius 2 is 1.80 bits per heavy atom. The van der Waals surface area contributed by atoms with Gasteiger partial charge in [-0.1, -0.05) is 12.1 Å². The van der Waals surface area contributed by atoms with Crippen molar-refractivity contribution in [2.24, 2.45) is 0 Å². The van der Waals surface area contributed by atoms with E-state index in [4.69, 9.17) is 10.1 Å². The molecule has 0 spiro atoms. The average molecular weight is 403 g/mol. The molecule has 1 aliphatic heterocycles. The summed E-state index contributed by atoms with van der Waals surface area (Å²) in [6, 6.07) is 13.9. The Morgan fingerprint density at radius 1 is 1.07 bits per heavy atom. The van der Waals surface area contributed by atoms with Crippen LogP contribution in [0.3, 0.4) is 0 Å². The quantitative estimate of drug-likeness (QED) is 0.711. The first-order chi connectivity index (χ1) is 14.5. The molecule has 5 rings (SSSR count). The van der Waals surface area contributed by atoms with Crippen LogP contribution in [-0.4, -0.2) is 34.6 Å². The molecular weight excluding hydrogens is 381 g/mol. The van der Waals surface area contributed by atoms with Gasteiger partial charge in [0.25, 0.3) is 0 Å². The van der Waals surface area contributed by atoms with Crippen LogP contribution in [0.1, 0.15) is 30.9 Å². The maximum Gasteiger partial charge on any atom is 0.226 e. The van der Waals surface area contributed by atoms with Crippen LogP contribution >= 0.6 is 0 Å². The molecule has 0 fully saturated rings. The standard InChI is InChI=1S/C23H22FN5O/c1-28(2)17-12-8-15(9-13-17)22-26-23-25-18-4-3-5-19(30)20(18)21(29(23)27-22)14-6-10-16(24)11-7-14/h6-13,21H,3-5H2,1-2H3,(H,25,26,27)/t21-/m1/s1. The number of hydrogen-bond acceptors (Lipinski definition) is 5. The lowest BCUT2D eigenvalue weighted by molar-refractivity contribution is -0.116. The molecule has 6 nitrogen and oxygen atoms in total. The van der Waals surface area contributed by atoms with Crippen molar-refractivity contribution in [2.45, 2.75) is 25.3 Å². The van der Waals surface area contributed by atoms with Crippen LogP contribution in [0.5, 0.6) is 0 Å². The van der Waals surface area contributed by atoms with Crippen molar-refractivity contribution in [1.82, 2.24) is 14.8 Å². The van der Waals surface area contributed by atoms with Crippen LogP contribution in [-0.2, 0) is 4.79 Å². The van der Waals surface area contributed by atoms with Gasteiger partial charge < -0.3 is 10.2 Å². The summed E-state index contributed by atoms with van der Waals surface area (Å²) in [6.45, 7) is 0. The highest BCUT2D eigenvalue weighted by Crippen LogP contribution is 2.40. The number of carbonyl (C=O) groups excluding carboxylic acids is 1. The Bertz CT molecular complexity index is 1150. The van der Waals surface area contributed by atoms with Gasteiger partial charge in [0.1, 0.15) is 11.9 Å². The second-order valence-corrected chi connectivity index (χ2v) is 7.89. The molecular formula is C23H22FN5O. The van der Waals surface area contributed by atoms with E-state index in [0.29, 0.717) is 23.8 Å². The molecule has 0 radical (unpaired) electrons. The number of fused-ring (bicyclic) bond motifs is 1. The lowest BCUT2D eigenvalue weighted by Crippen LogP contribution is -2.31. The summed E-state index contributed by atoms with van der Waals surface area (Å²) in [5, 5.41) is 8.08. The van der Waals surface area contributed by atoms with Crippen molar-refractivity contribution >= 4 is 17.4 Å². The van der Waals surface area contributed by atoms with Gasteiger partial charge in [-0.3, -0.25) is 4.79 Å². The Hall–Kier alpha value is -3.48. The van der Waals surface area contributed by atoms with Crippen LogP contribution in [0.25, 0.3) is 11.4 Å². The molecule has 152 valence electrons. The van der Waals surface area contributed by atoms with Crippen LogP contribution in [0.2, 0.25) is 0 Å². The molecule has 2 aromatic carbocycles. The molecule has 0 unspecified atom stereocenters. The third-order valence-electron chi connectivity index (χ3n) is 5.70. The summed E-state index contributed by atoms with van der Waals surface area (Å²) >= 11 is 0. The summed E-state index contributed by atoms with van der Waals surface area (Å²) in [5.41, 5.74) is 4.41. The van der Waals surface area contributed by atoms with Crippen LogP contribution in [0.4, 0.5) is 16.0 Å². The van der Waals surface area contributed by atoms with E-state index in [0.717, 1.165) is 35.4 Å². The topological polar surface area (TPSA) is 63.1 Å². The number of nitrogens with one attached hydrogen (secondary N) is 1. The fourth-order valence-electron chi connectivity index (χ4n) is 4.14. The molecule has 1 aliphatic carbocycles. The van der Waals surface area contributed by atoms with Crippen LogP contribution in [0, 0.1) is 5.82 Å². The molecule has 0 bridgehead atoms. The summed E-state index contributed by atoms with van der Waals surface area (Å²) < 4.78 is 15.3. The highest BCUT2D eigenvalue weighted by Gasteiger charge is 2.36. The smallest absolute Gasteiger partial charge is 0.226 e. The van der Waals surface area contributed by atoms with Crippen molar-refractivity contribution in [3.05, 3.63) is 71.2 Å². The number of benzene rings is 2. The number of aromatic nitrogens is 3. The van der Waals surface area contributed by atoms with Gasteiger partial charge in [0, 0.05) is 43.0 Å². The lowest BCUT2D eigenvalue weighted by atomic mass is 9.85. The van der Waals surface area contributed by atoms with E-state index in [1.807, 2.05) is 43.3 Å². The third-order valence-corrected chi connectivity index (χ3v) is 5.70. The van der Waals surface area contributed by atoms with E-state index in [2.05, 4.69) is 5.32 Å². The molecule has 2 aliphatic rings. The molecule has 30 heavy (non-hydrogen) atoms. The van der Waals surface area contributed by atoms with E-state index in [1.54, 1.807) is 16.8 Å². The minimum Gasteiger partial charge on any atom is -0.378 e. The van der Waals surface area contributed by atoms with Gasteiger partial charge in [-0.25, -0.2) is 9.07 Å². The van der Waals surface area contributed by atoms with Crippen molar-refractivity contribution in [1.29, 1.82) is 0 Å². The molecule has 0 saturated carbocycles. The van der Waals surface area contributed by atoms with Crippen molar-refractivity contribution in [2.75, 3.05) is 24.3 Å². The first-order valence-electron chi connectivity index (χ1n) is 10.0. The number of Topliss-reactive ketones (excluding diaryl/α,β-unsaturated/α-hetero) is 1. The number of anilines is 2. The SMILES string of the molecule is CN(C)c1ccc(-c2nc3n(n2)[C@H](c2ccc(F)cc2)C2=C(CCCC2=O)N3)cc1. The number of ketones is 1. The average Bonchev–Trinajstić information content (AvgIpc) is 3.17. The number of hydrogen-bond donors (Lipinski definition) is 1. The number of carbonyl (C=O) groups is 1.